The molecule has 0 aromatic carbocycles. The van der Waals surface area contributed by atoms with Gasteiger partial charge in [0, 0.05) is 26.2 Å². The van der Waals surface area contributed by atoms with Crippen LogP contribution >= 0.6 is 11.3 Å². The zero-order chi connectivity index (χ0) is 11.4. The largest absolute Gasteiger partial charge is 0.335 e. The van der Waals surface area contributed by atoms with Crippen molar-refractivity contribution in [1.82, 2.24) is 15.2 Å². The molecule has 1 N–H and O–H groups in total. The van der Waals surface area contributed by atoms with E-state index in [1.165, 1.54) is 11.3 Å². The smallest absolute Gasteiger partial charge is 0.265 e. The lowest BCUT2D eigenvalue weighted by Crippen LogP contribution is -2.46. The first-order valence-electron chi connectivity index (χ1n) is 5.13. The minimum atomic E-state index is 0.0307. The van der Waals surface area contributed by atoms with Gasteiger partial charge in [0.15, 0.2) is 0 Å². The average molecular weight is 236 g/mol. The molecule has 0 radical (unpaired) electrons. The van der Waals surface area contributed by atoms with Gasteiger partial charge in [-0.2, -0.15) is 5.26 Å². The van der Waals surface area contributed by atoms with Crippen LogP contribution < -0.4 is 5.32 Å². The van der Waals surface area contributed by atoms with E-state index in [2.05, 4.69) is 10.3 Å². The van der Waals surface area contributed by atoms with Crippen LogP contribution in [0.2, 0.25) is 0 Å². The van der Waals surface area contributed by atoms with Gasteiger partial charge in [0.2, 0.25) is 0 Å². The fraction of sp³-hybridized carbons (Fsp3) is 0.500. The number of amides is 1. The molecule has 2 rings (SSSR count). The summed E-state index contributed by atoms with van der Waals surface area (Å²) in [7, 11) is 0. The van der Waals surface area contributed by atoms with E-state index in [1.807, 2.05) is 11.0 Å². The first-order valence-corrected chi connectivity index (χ1v) is 5.94. The van der Waals surface area contributed by atoms with E-state index in [1.54, 1.807) is 6.20 Å². The van der Waals surface area contributed by atoms with Crippen LogP contribution in [0.1, 0.15) is 14.7 Å². The molecule has 1 aromatic rings. The first kappa shape index (κ1) is 11.0. The Labute approximate surface area is 97.7 Å². The molecular weight excluding hydrogens is 224 g/mol. The normalized spacial score (nSPS) is 15.8. The maximum atomic E-state index is 12.0. The Kier molecular flexibility index (Phi) is 3.49. The molecule has 84 valence electrons. The molecule has 1 aliphatic heterocycles. The predicted octanol–water partition coefficient (Wildman–Crippen LogP) is 0.255. The highest BCUT2D eigenvalue weighted by Gasteiger charge is 2.19. The summed E-state index contributed by atoms with van der Waals surface area (Å²) in [4.78, 5) is 18.5. The molecule has 5 nitrogen and oxygen atoms in total. The number of piperazine rings is 1. The fourth-order valence-corrected chi connectivity index (χ4v) is 2.40. The Balaban J connectivity index is 2.05. The maximum absolute atomic E-state index is 12.0. The van der Waals surface area contributed by atoms with E-state index in [0.717, 1.165) is 26.2 Å². The van der Waals surface area contributed by atoms with Gasteiger partial charge in [-0.15, -0.1) is 11.3 Å². The number of hydrogen-bond donors (Lipinski definition) is 1. The molecule has 0 spiro atoms. The number of nitrogens with one attached hydrogen (secondary N) is 1. The third-order valence-electron chi connectivity index (χ3n) is 2.40. The molecule has 1 fully saturated rings. The zero-order valence-corrected chi connectivity index (χ0v) is 9.59. The molecule has 1 aliphatic rings. The van der Waals surface area contributed by atoms with E-state index in [9.17, 15) is 4.79 Å². The van der Waals surface area contributed by atoms with E-state index < -0.39 is 0 Å². The van der Waals surface area contributed by atoms with Crippen molar-refractivity contribution in [2.45, 2.75) is 6.42 Å². The van der Waals surface area contributed by atoms with Crippen LogP contribution in [0.4, 0.5) is 0 Å². The van der Waals surface area contributed by atoms with Crippen molar-refractivity contribution in [1.29, 1.82) is 5.26 Å². The molecule has 6 heteroatoms. The van der Waals surface area contributed by atoms with Gasteiger partial charge in [0.1, 0.15) is 9.88 Å². The lowest BCUT2D eigenvalue weighted by atomic mass is 10.3. The molecule has 16 heavy (non-hydrogen) atoms. The second kappa shape index (κ2) is 5.05. The molecular formula is C10H12N4OS. The van der Waals surface area contributed by atoms with Gasteiger partial charge in [0.05, 0.1) is 18.7 Å². The Morgan fingerprint density at radius 2 is 2.38 bits per heavy atom. The number of thiazole rings is 1. The van der Waals surface area contributed by atoms with Crippen LogP contribution in [-0.4, -0.2) is 42.0 Å². The van der Waals surface area contributed by atoms with Crippen LogP contribution in [0.5, 0.6) is 0 Å². The highest BCUT2D eigenvalue weighted by atomic mass is 32.1. The van der Waals surface area contributed by atoms with Crippen LogP contribution in [0.15, 0.2) is 6.20 Å². The second-order valence-corrected chi connectivity index (χ2v) is 4.61. The van der Waals surface area contributed by atoms with Gasteiger partial charge in [-0.25, -0.2) is 4.98 Å². The van der Waals surface area contributed by atoms with Crippen molar-refractivity contribution in [3.63, 3.8) is 0 Å². The number of carbonyl (C=O) groups is 1. The summed E-state index contributed by atoms with van der Waals surface area (Å²) in [6.07, 6.45) is 1.85. The Morgan fingerprint density at radius 3 is 3.06 bits per heavy atom. The van der Waals surface area contributed by atoms with Crippen molar-refractivity contribution >= 4 is 17.2 Å². The zero-order valence-electron chi connectivity index (χ0n) is 8.77. The highest BCUT2D eigenvalue weighted by molar-refractivity contribution is 7.13. The van der Waals surface area contributed by atoms with Gasteiger partial charge < -0.3 is 10.2 Å². The minimum Gasteiger partial charge on any atom is -0.335 e. The molecule has 1 saturated heterocycles. The first-order chi connectivity index (χ1) is 7.81. The SMILES string of the molecule is N#CCc1ncc(C(=O)N2CCNCC2)s1. The Morgan fingerprint density at radius 1 is 1.62 bits per heavy atom. The third-order valence-corrected chi connectivity index (χ3v) is 3.38. The molecule has 0 atom stereocenters. The van der Waals surface area contributed by atoms with Crippen molar-refractivity contribution in [3.05, 3.63) is 16.1 Å². The molecule has 1 amide bonds. The summed E-state index contributed by atoms with van der Waals surface area (Å²) in [5.41, 5.74) is 0. The van der Waals surface area contributed by atoms with Gasteiger partial charge in [-0.3, -0.25) is 4.79 Å². The highest BCUT2D eigenvalue weighted by Crippen LogP contribution is 2.15. The quantitative estimate of drug-likeness (QED) is 0.799. The van der Waals surface area contributed by atoms with Crippen molar-refractivity contribution in [3.8, 4) is 6.07 Å². The van der Waals surface area contributed by atoms with Gasteiger partial charge in [0.25, 0.3) is 5.91 Å². The van der Waals surface area contributed by atoms with E-state index >= 15 is 0 Å². The molecule has 0 saturated carbocycles. The van der Waals surface area contributed by atoms with Crippen molar-refractivity contribution in [2.75, 3.05) is 26.2 Å². The standard InChI is InChI=1S/C10H12N4OS/c11-2-1-9-13-7-8(16-9)10(15)14-5-3-12-4-6-14/h7,12H,1,3-6H2. The Hall–Kier alpha value is -1.45. The monoisotopic (exact) mass is 236 g/mol. The summed E-state index contributed by atoms with van der Waals surface area (Å²) in [6, 6.07) is 2.03. The second-order valence-electron chi connectivity index (χ2n) is 3.50. The topological polar surface area (TPSA) is 69.0 Å². The molecule has 0 aliphatic carbocycles. The number of aromatic nitrogens is 1. The van der Waals surface area contributed by atoms with Gasteiger partial charge in [-0.05, 0) is 0 Å². The van der Waals surface area contributed by atoms with Gasteiger partial charge >= 0.3 is 0 Å². The van der Waals surface area contributed by atoms with Crippen molar-refractivity contribution < 1.29 is 4.79 Å². The van der Waals surface area contributed by atoms with E-state index in [-0.39, 0.29) is 12.3 Å². The van der Waals surface area contributed by atoms with Crippen LogP contribution in [0.25, 0.3) is 0 Å². The van der Waals surface area contributed by atoms with E-state index in [4.69, 9.17) is 5.26 Å². The molecule has 0 unspecified atom stereocenters. The third kappa shape index (κ3) is 2.38. The summed E-state index contributed by atoms with van der Waals surface area (Å²) >= 11 is 1.31. The number of hydrogen-bond acceptors (Lipinski definition) is 5. The summed E-state index contributed by atoms with van der Waals surface area (Å²) in [6.45, 7) is 3.17. The van der Waals surface area contributed by atoms with Crippen LogP contribution in [0.3, 0.4) is 0 Å². The molecule has 1 aromatic heterocycles. The number of rotatable bonds is 2. The lowest BCUT2D eigenvalue weighted by Gasteiger charge is -2.26. The summed E-state index contributed by atoms with van der Waals surface area (Å²) in [5.74, 6) is 0.0307. The number of nitrogens with zero attached hydrogens (tertiary/aromatic N) is 3. The number of nitriles is 1. The van der Waals surface area contributed by atoms with Crippen LogP contribution in [0, 0.1) is 11.3 Å². The van der Waals surface area contributed by atoms with Crippen LogP contribution in [-0.2, 0) is 6.42 Å². The van der Waals surface area contributed by atoms with E-state index in [0.29, 0.717) is 9.88 Å². The predicted molar refractivity (Wildman–Crippen MR) is 60.2 cm³/mol. The molecule has 0 bridgehead atoms. The lowest BCUT2D eigenvalue weighted by molar-refractivity contribution is 0.0740. The Bertz CT molecular complexity index is 417. The maximum Gasteiger partial charge on any atom is 0.265 e. The van der Waals surface area contributed by atoms with Crippen molar-refractivity contribution in [2.24, 2.45) is 0 Å². The molecule has 2 heterocycles. The summed E-state index contributed by atoms with van der Waals surface area (Å²) < 4.78 is 0. The average Bonchev–Trinajstić information content (AvgIpc) is 2.78. The van der Waals surface area contributed by atoms with Gasteiger partial charge in [-0.1, -0.05) is 0 Å². The fourth-order valence-electron chi connectivity index (χ4n) is 1.58. The minimum absolute atomic E-state index is 0.0307. The summed E-state index contributed by atoms with van der Waals surface area (Å²) in [5, 5.41) is 12.4. The number of carbonyl (C=O) groups excluding carboxylic acids is 1.